The number of carboxylic acids is 1. The maximum absolute atomic E-state index is 11.0. The molecule has 1 unspecified atom stereocenters. The molecule has 0 amide bonds. The molecular weight excluding hydrogens is 276 g/mol. The standard InChI is InChI=1S/C15H23ClN2O2/c1-12(15(19)20)11-18(10-4-9-17(2)3)14-7-5-13(16)6-8-14/h5-8,12H,4,9-11H2,1-3H3,(H,19,20). The summed E-state index contributed by atoms with van der Waals surface area (Å²) in [5.74, 6) is -1.17. The van der Waals surface area contributed by atoms with Crippen LogP contribution >= 0.6 is 11.6 Å². The first-order valence-electron chi connectivity index (χ1n) is 6.78. The van der Waals surface area contributed by atoms with Crippen molar-refractivity contribution in [2.24, 2.45) is 5.92 Å². The van der Waals surface area contributed by atoms with Crippen LogP contribution in [0.15, 0.2) is 24.3 Å². The van der Waals surface area contributed by atoms with E-state index in [1.165, 1.54) is 0 Å². The molecular formula is C15H23ClN2O2. The number of carboxylic acid groups (broad SMARTS) is 1. The van der Waals surface area contributed by atoms with Gasteiger partial charge in [-0.2, -0.15) is 0 Å². The highest BCUT2D eigenvalue weighted by molar-refractivity contribution is 6.30. The number of nitrogens with zero attached hydrogens (tertiary/aromatic N) is 2. The molecule has 0 aromatic heterocycles. The van der Waals surface area contributed by atoms with E-state index in [1.54, 1.807) is 6.92 Å². The summed E-state index contributed by atoms with van der Waals surface area (Å²) in [6.45, 7) is 4.05. The molecule has 1 N–H and O–H groups in total. The number of aliphatic carboxylic acids is 1. The van der Waals surface area contributed by atoms with Crippen molar-refractivity contribution in [3.05, 3.63) is 29.3 Å². The van der Waals surface area contributed by atoms with Gasteiger partial charge in [-0.3, -0.25) is 4.79 Å². The minimum Gasteiger partial charge on any atom is -0.481 e. The van der Waals surface area contributed by atoms with E-state index in [1.807, 2.05) is 38.4 Å². The van der Waals surface area contributed by atoms with Crippen LogP contribution in [-0.2, 0) is 4.79 Å². The van der Waals surface area contributed by atoms with Crippen molar-refractivity contribution in [2.75, 3.05) is 38.6 Å². The van der Waals surface area contributed by atoms with Gasteiger partial charge >= 0.3 is 5.97 Å². The van der Waals surface area contributed by atoms with Crippen LogP contribution < -0.4 is 4.90 Å². The molecule has 4 nitrogen and oxygen atoms in total. The summed E-state index contributed by atoms with van der Waals surface area (Å²) in [5.41, 5.74) is 1.02. The number of benzene rings is 1. The van der Waals surface area contributed by atoms with Crippen molar-refractivity contribution in [2.45, 2.75) is 13.3 Å². The molecule has 0 aliphatic carbocycles. The Kier molecular flexibility index (Phi) is 6.82. The topological polar surface area (TPSA) is 43.8 Å². The number of halogens is 1. The lowest BCUT2D eigenvalue weighted by molar-refractivity contribution is -0.140. The summed E-state index contributed by atoms with van der Waals surface area (Å²) < 4.78 is 0. The van der Waals surface area contributed by atoms with Crippen molar-refractivity contribution in [1.82, 2.24) is 4.90 Å². The molecule has 5 heteroatoms. The fourth-order valence-corrected chi connectivity index (χ4v) is 2.09. The van der Waals surface area contributed by atoms with Gasteiger partial charge in [-0.15, -0.1) is 0 Å². The van der Waals surface area contributed by atoms with Gasteiger partial charge in [0.2, 0.25) is 0 Å². The lowest BCUT2D eigenvalue weighted by Crippen LogP contribution is -2.33. The van der Waals surface area contributed by atoms with Gasteiger partial charge in [0.15, 0.2) is 0 Å². The summed E-state index contributed by atoms with van der Waals surface area (Å²) >= 11 is 5.90. The van der Waals surface area contributed by atoms with Crippen LogP contribution in [0.25, 0.3) is 0 Å². The maximum atomic E-state index is 11.0. The summed E-state index contributed by atoms with van der Waals surface area (Å²) in [6, 6.07) is 7.54. The molecule has 0 spiro atoms. The molecule has 0 heterocycles. The summed E-state index contributed by atoms with van der Waals surface area (Å²) in [7, 11) is 4.07. The van der Waals surface area contributed by atoms with E-state index < -0.39 is 11.9 Å². The largest absolute Gasteiger partial charge is 0.481 e. The van der Waals surface area contributed by atoms with Crippen molar-refractivity contribution >= 4 is 23.3 Å². The van der Waals surface area contributed by atoms with E-state index in [-0.39, 0.29) is 0 Å². The van der Waals surface area contributed by atoms with Crippen LogP contribution in [0.3, 0.4) is 0 Å². The van der Waals surface area contributed by atoms with Crippen LogP contribution in [0, 0.1) is 5.92 Å². The lowest BCUT2D eigenvalue weighted by atomic mass is 10.1. The van der Waals surface area contributed by atoms with Crippen molar-refractivity contribution in [1.29, 1.82) is 0 Å². The highest BCUT2D eigenvalue weighted by atomic mass is 35.5. The molecule has 1 aromatic rings. The van der Waals surface area contributed by atoms with E-state index in [0.717, 1.165) is 25.2 Å². The molecule has 0 fully saturated rings. The summed E-state index contributed by atoms with van der Waals surface area (Å²) in [4.78, 5) is 15.3. The van der Waals surface area contributed by atoms with Crippen LogP contribution in [0.1, 0.15) is 13.3 Å². The molecule has 112 valence electrons. The van der Waals surface area contributed by atoms with E-state index in [4.69, 9.17) is 16.7 Å². The zero-order valence-electron chi connectivity index (χ0n) is 12.3. The van der Waals surface area contributed by atoms with Gasteiger partial charge in [0.1, 0.15) is 0 Å². The zero-order valence-corrected chi connectivity index (χ0v) is 13.1. The molecule has 0 aliphatic rings. The normalized spacial score (nSPS) is 12.4. The molecule has 0 aliphatic heterocycles. The fraction of sp³-hybridized carbons (Fsp3) is 0.533. The Balaban J connectivity index is 2.72. The molecule has 0 bridgehead atoms. The first-order valence-corrected chi connectivity index (χ1v) is 7.16. The third-order valence-corrected chi connectivity index (χ3v) is 3.39. The number of rotatable bonds is 8. The van der Waals surface area contributed by atoms with Crippen molar-refractivity contribution in [3.8, 4) is 0 Å². The van der Waals surface area contributed by atoms with Gasteiger partial charge in [-0.25, -0.2) is 0 Å². The van der Waals surface area contributed by atoms with Crippen molar-refractivity contribution < 1.29 is 9.90 Å². The van der Waals surface area contributed by atoms with Gasteiger partial charge in [0.05, 0.1) is 5.92 Å². The number of carbonyl (C=O) groups is 1. The van der Waals surface area contributed by atoms with Crippen molar-refractivity contribution in [3.63, 3.8) is 0 Å². The Bertz CT molecular complexity index is 420. The van der Waals surface area contributed by atoms with E-state index in [2.05, 4.69) is 9.80 Å². The molecule has 0 radical (unpaired) electrons. The Morgan fingerprint density at radius 3 is 2.35 bits per heavy atom. The highest BCUT2D eigenvalue weighted by Crippen LogP contribution is 2.19. The molecule has 1 aromatic carbocycles. The minimum absolute atomic E-state index is 0.398. The molecule has 1 atom stereocenters. The highest BCUT2D eigenvalue weighted by Gasteiger charge is 2.16. The number of hydrogen-bond acceptors (Lipinski definition) is 3. The molecule has 20 heavy (non-hydrogen) atoms. The van der Waals surface area contributed by atoms with Crippen LogP contribution in [-0.4, -0.2) is 49.7 Å². The Morgan fingerprint density at radius 1 is 1.25 bits per heavy atom. The van der Waals surface area contributed by atoms with E-state index in [9.17, 15) is 4.79 Å². The Morgan fingerprint density at radius 2 is 1.85 bits per heavy atom. The van der Waals surface area contributed by atoms with E-state index in [0.29, 0.717) is 11.6 Å². The lowest BCUT2D eigenvalue weighted by Gasteiger charge is -2.27. The third kappa shape index (κ3) is 5.80. The van der Waals surface area contributed by atoms with Gasteiger partial charge in [0, 0.05) is 23.8 Å². The second-order valence-electron chi connectivity index (χ2n) is 5.32. The zero-order chi connectivity index (χ0) is 15.1. The summed E-state index contributed by atoms with van der Waals surface area (Å²) in [6.07, 6.45) is 0.988. The maximum Gasteiger partial charge on any atom is 0.308 e. The predicted molar refractivity (Wildman–Crippen MR) is 83.6 cm³/mol. The molecule has 0 saturated heterocycles. The Labute approximate surface area is 125 Å². The summed E-state index contributed by atoms with van der Waals surface area (Å²) in [5, 5.41) is 9.77. The third-order valence-electron chi connectivity index (χ3n) is 3.14. The minimum atomic E-state index is -0.767. The molecule has 0 saturated carbocycles. The van der Waals surface area contributed by atoms with Gasteiger partial charge in [-0.1, -0.05) is 18.5 Å². The second-order valence-corrected chi connectivity index (χ2v) is 5.75. The molecule has 1 rings (SSSR count). The van der Waals surface area contributed by atoms with Crippen LogP contribution in [0.2, 0.25) is 5.02 Å². The number of hydrogen-bond donors (Lipinski definition) is 1. The predicted octanol–water partition coefficient (Wildman–Crippen LogP) is 2.82. The van der Waals surface area contributed by atoms with Crippen LogP contribution in [0.4, 0.5) is 5.69 Å². The number of anilines is 1. The van der Waals surface area contributed by atoms with Gasteiger partial charge in [-0.05, 0) is 51.3 Å². The van der Waals surface area contributed by atoms with E-state index >= 15 is 0 Å². The van der Waals surface area contributed by atoms with Crippen LogP contribution in [0.5, 0.6) is 0 Å². The van der Waals surface area contributed by atoms with Gasteiger partial charge in [0.25, 0.3) is 0 Å². The SMILES string of the molecule is CC(CN(CCCN(C)C)c1ccc(Cl)cc1)C(=O)O. The Hall–Kier alpha value is -1.26. The first kappa shape index (κ1) is 16.8. The smallest absolute Gasteiger partial charge is 0.308 e. The monoisotopic (exact) mass is 298 g/mol. The average molecular weight is 299 g/mol. The fourth-order valence-electron chi connectivity index (χ4n) is 1.96. The average Bonchev–Trinajstić information content (AvgIpc) is 2.37. The quantitative estimate of drug-likeness (QED) is 0.801. The first-order chi connectivity index (χ1) is 9.40. The second kappa shape index (κ2) is 8.12. The van der Waals surface area contributed by atoms with Gasteiger partial charge < -0.3 is 14.9 Å².